The fourth-order valence-electron chi connectivity index (χ4n) is 1.01. The van der Waals surface area contributed by atoms with E-state index >= 15 is 0 Å². The first-order chi connectivity index (χ1) is 7.04. The molecular weight excluding hydrogens is 236 g/mol. The Kier molecular flexibility index (Phi) is 4.59. The van der Waals surface area contributed by atoms with Crippen LogP contribution in [-0.4, -0.2) is 21.8 Å². The first-order valence-corrected chi connectivity index (χ1v) is 6.95. The van der Waals surface area contributed by atoms with Crippen molar-refractivity contribution in [1.82, 2.24) is 0 Å². The molecule has 0 aliphatic heterocycles. The van der Waals surface area contributed by atoms with Crippen LogP contribution in [0.2, 0.25) is 0 Å². The lowest BCUT2D eigenvalue weighted by atomic mass is 10.2. The van der Waals surface area contributed by atoms with Crippen molar-refractivity contribution >= 4 is 21.9 Å². The van der Waals surface area contributed by atoms with Gasteiger partial charge in [0.1, 0.15) is 0 Å². The monoisotopic (exact) mass is 248 g/mol. The molecule has 0 atom stereocenters. The summed E-state index contributed by atoms with van der Waals surface area (Å²) in [7, 11) is -1.72. The van der Waals surface area contributed by atoms with Gasteiger partial charge >= 0.3 is 0 Å². The van der Waals surface area contributed by atoms with E-state index in [-0.39, 0.29) is 0 Å². The van der Waals surface area contributed by atoms with E-state index in [1.165, 1.54) is 13.4 Å². The van der Waals surface area contributed by atoms with E-state index in [1.54, 1.807) is 18.2 Å². The van der Waals surface area contributed by atoms with E-state index in [0.717, 1.165) is 17.6 Å². The van der Waals surface area contributed by atoms with Gasteiger partial charge in [0.2, 0.25) is 0 Å². The first kappa shape index (κ1) is 12.5. The molecular formula is C9H12O4S2. The summed E-state index contributed by atoms with van der Waals surface area (Å²) >= 11 is 1.11. The van der Waals surface area contributed by atoms with Crippen LogP contribution in [-0.2, 0) is 24.8 Å². The Morgan fingerprint density at radius 2 is 2.13 bits per heavy atom. The molecule has 15 heavy (non-hydrogen) atoms. The summed E-state index contributed by atoms with van der Waals surface area (Å²) in [5.41, 5.74) is 0.875. The molecule has 0 N–H and O–H groups in total. The second-order valence-electron chi connectivity index (χ2n) is 2.92. The molecule has 0 unspecified atom stereocenters. The Morgan fingerprint density at radius 3 is 2.73 bits per heavy atom. The van der Waals surface area contributed by atoms with Crippen LogP contribution in [0.25, 0.3) is 0 Å². The quantitative estimate of drug-likeness (QED) is 0.344. The van der Waals surface area contributed by atoms with Crippen molar-refractivity contribution in [3.05, 3.63) is 29.8 Å². The summed E-state index contributed by atoms with van der Waals surface area (Å²) < 4.78 is 27.1. The topological polar surface area (TPSA) is 52.6 Å². The highest BCUT2D eigenvalue weighted by atomic mass is 32.2. The molecule has 84 valence electrons. The third kappa shape index (κ3) is 4.21. The Labute approximate surface area is 93.6 Å². The highest BCUT2D eigenvalue weighted by molar-refractivity contribution is 7.93. The zero-order valence-corrected chi connectivity index (χ0v) is 10.1. The van der Waals surface area contributed by atoms with Crippen molar-refractivity contribution in [2.75, 3.05) is 13.4 Å². The molecule has 0 aliphatic rings. The summed E-state index contributed by atoms with van der Waals surface area (Å²) in [6, 6.07) is 6.74. The zero-order valence-electron chi connectivity index (χ0n) is 8.47. The molecule has 4 nitrogen and oxygen atoms in total. The van der Waals surface area contributed by atoms with Gasteiger partial charge in [-0.05, 0) is 17.7 Å². The Balaban J connectivity index is 2.75. The first-order valence-electron chi connectivity index (χ1n) is 4.15. The van der Waals surface area contributed by atoms with Crippen LogP contribution in [0.5, 0.6) is 0 Å². The van der Waals surface area contributed by atoms with E-state index in [4.69, 9.17) is 0 Å². The van der Waals surface area contributed by atoms with E-state index in [2.05, 4.69) is 9.22 Å². The number of rotatable bonds is 5. The van der Waals surface area contributed by atoms with E-state index in [0.29, 0.717) is 10.6 Å². The standard InChI is InChI=1S/C9H12O4S2/c1-12-13-14-7-8-4-3-5-9(6-8)15(2,10)11/h3-6H,7H2,1-2H3. The van der Waals surface area contributed by atoms with E-state index in [1.807, 2.05) is 6.07 Å². The van der Waals surface area contributed by atoms with Crippen molar-refractivity contribution in [2.24, 2.45) is 0 Å². The highest BCUT2D eigenvalue weighted by Gasteiger charge is 2.07. The van der Waals surface area contributed by atoms with Crippen molar-refractivity contribution in [1.29, 1.82) is 0 Å². The van der Waals surface area contributed by atoms with Gasteiger partial charge in [-0.1, -0.05) is 12.1 Å². The largest absolute Gasteiger partial charge is 0.228 e. The predicted octanol–water partition coefficient (Wildman–Crippen LogP) is 1.82. The van der Waals surface area contributed by atoms with Gasteiger partial charge in [0.05, 0.1) is 12.0 Å². The molecule has 0 saturated carbocycles. The summed E-state index contributed by atoms with van der Waals surface area (Å²) in [5, 5.41) is 0. The molecule has 0 saturated heterocycles. The van der Waals surface area contributed by atoms with E-state index < -0.39 is 9.84 Å². The third-order valence-electron chi connectivity index (χ3n) is 1.67. The van der Waals surface area contributed by atoms with Crippen LogP contribution in [0.1, 0.15) is 5.56 Å². The number of hydrogen-bond acceptors (Lipinski definition) is 5. The molecule has 1 rings (SSSR count). The maximum atomic E-state index is 11.3. The Hall–Kier alpha value is -0.560. The van der Waals surface area contributed by atoms with Gasteiger partial charge in [-0.3, -0.25) is 0 Å². The minimum Gasteiger partial charge on any atom is -0.228 e. The average Bonchev–Trinajstić information content (AvgIpc) is 2.17. The molecule has 1 aromatic carbocycles. The lowest BCUT2D eigenvalue weighted by Gasteiger charge is -2.02. The third-order valence-corrected chi connectivity index (χ3v) is 3.46. The SMILES string of the molecule is COOSCc1cccc(S(C)(=O)=O)c1. The van der Waals surface area contributed by atoms with Crippen molar-refractivity contribution in [2.45, 2.75) is 10.6 Å². The van der Waals surface area contributed by atoms with Crippen LogP contribution >= 0.6 is 12.0 Å². The average molecular weight is 248 g/mol. The van der Waals surface area contributed by atoms with Crippen LogP contribution in [0.3, 0.4) is 0 Å². The number of benzene rings is 1. The summed E-state index contributed by atoms with van der Waals surface area (Å²) in [4.78, 5) is 4.72. The molecule has 1 aromatic rings. The summed E-state index contributed by atoms with van der Waals surface area (Å²) in [5.74, 6) is 0.539. The molecule has 0 amide bonds. The summed E-state index contributed by atoms with van der Waals surface area (Å²) in [6.45, 7) is 0. The second-order valence-corrected chi connectivity index (χ2v) is 5.59. The molecule has 0 fully saturated rings. The highest BCUT2D eigenvalue weighted by Crippen LogP contribution is 2.17. The van der Waals surface area contributed by atoms with E-state index in [9.17, 15) is 8.42 Å². The minimum atomic E-state index is -3.14. The molecule has 0 spiro atoms. The van der Waals surface area contributed by atoms with Gasteiger partial charge < -0.3 is 0 Å². The molecule has 6 heteroatoms. The molecule has 0 aliphatic carbocycles. The number of sulfone groups is 1. The maximum Gasteiger partial charge on any atom is 0.175 e. The predicted molar refractivity (Wildman–Crippen MR) is 58.9 cm³/mol. The normalized spacial score (nSPS) is 11.6. The van der Waals surface area contributed by atoms with Gasteiger partial charge in [0.15, 0.2) is 9.84 Å². The smallest absolute Gasteiger partial charge is 0.175 e. The van der Waals surface area contributed by atoms with Crippen molar-refractivity contribution in [3.63, 3.8) is 0 Å². The van der Waals surface area contributed by atoms with Crippen molar-refractivity contribution in [3.8, 4) is 0 Å². The zero-order chi connectivity index (χ0) is 11.3. The van der Waals surface area contributed by atoms with Crippen molar-refractivity contribution < 1.29 is 17.6 Å². The van der Waals surface area contributed by atoms with Crippen LogP contribution in [0.15, 0.2) is 29.2 Å². The van der Waals surface area contributed by atoms with Gasteiger partial charge in [-0.2, -0.15) is 4.33 Å². The fraction of sp³-hybridized carbons (Fsp3) is 0.333. The molecule has 0 aromatic heterocycles. The lowest BCUT2D eigenvalue weighted by molar-refractivity contribution is -0.160. The minimum absolute atomic E-state index is 0.318. The van der Waals surface area contributed by atoms with Crippen LogP contribution < -0.4 is 0 Å². The molecule has 0 heterocycles. The second kappa shape index (κ2) is 5.50. The lowest BCUT2D eigenvalue weighted by Crippen LogP contribution is -1.97. The van der Waals surface area contributed by atoms with Crippen LogP contribution in [0.4, 0.5) is 0 Å². The van der Waals surface area contributed by atoms with Gasteiger partial charge in [0, 0.05) is 24.1 Å². The Bertz CT molecular complexity index is 414. The summed E-state index contributed by atoms with van der Waals surface area (Å²) in [6.07, 6.45) is 1.19. The maximum absolute atomic E-state index is 11.3. The number of hydrogen-bond donors (Lipinski definition) is 0. The Morgan fingerprint density at radius 1 is 1.40 bits per heavy atom. The van der Waals surface area contributed by atoms with Gasteiger partial charge in [-0.15, -0.1) is 0 Å². The fourth-order valence-corrected chi connectivity index (χ4v) is 2.16. The molecule has 0 bridgehead atoms. The van der Waals surface area contributed by atoms with Crippen LogP contribution in [0, 0.1) is 0 Å². The van der Waals surface area contributed by atoms with Gasteiger partial charge in [-0.25, -0.2) is 13.3 Å². The van der Waals surface area contributed by atoms with Gasteiger partial charge in [0.25, 0.3) is 0 Å². The molecule has 0 radical (unpaired) electrons.